The van der Waals surface area contributed by atoms with Crippen molar-refractivity contribution >= 4 is 32.8 Å². The first-order chi connectivity index (χ1) is 22.0. The number of hydrogen-bond donors (Lipinski definition) is 0. The van der Waals surface area contributed by atoms with Crippen LogP contribution in [0.25, 0.3) is 66.5 Å². The van der Waals surface area contributed by atoms with E-state index >= 15 is 0 Å². The van der Waals surface area contributed by atoms with E-state index in [1.807, 2.05) is 74.8 Å². The van der Waals surface area contributed by atoms with Gasteiger partial charge in [-0.2, -0.15) is 0 Å². The van der Waals surface area contributed by atoms with Gasteiger partial charge >= 0.3 is 0 Å². The molecule has 4 aromatic carbocycles. The molecule has 227 valence electrons. The summed E-state index contributed by atoms with van der Waals surface area (Å²) in [5.74, 6) is 0. The number of benzene rings is 4. The Kier molecular flexibility index (Phi) is 8.89. The summed E-state index contributed by atoms with van der Waals surface area (Å²) in [4.78, 5) is 13.6. The van der Waals surface area contributed by atoms with Gasteiger partial charge in [0.15, 0.2) is 0 Å². The molecule has 0 aliphatic rings. The summed E-state index contributed by atoms with van der Waals surface area (Å²) in [7, 11) is 0. The normalized spacial score (nSPS) is 10.9. The van der Waals surface area contributed by atoms with Crippen LogP contribution in [0.5, 0.6) is 0 Å². The predicted molar refractivity (Wildman–Crippen MR) is 184 cm³/mol. The third-order valence-electron chi connectivity index (χ3n) is 8.18. The minimum Gasteiger partial charge on any atom is -0.486 e. The van der Waals surface area contributed by atoms with Crippen LogP contribution in [0.2, 0.25) is 0 Å². The number of hydrogen-bond acceptors (Lipinski definition) is 4. The number of nitrogens with zero attached hydrogens (tertiary/aromatic N) is 3. The molecule has 0 fully saturated rings. The fourth-order valence-corrected chi connectivity index (χ4v) is 5.75. The van der Waals surface area contributed by atoms with Crippen LogP contribution in [0.3, 0.4) is 0 Å². The maximum absolute atomic E-state index is 6.19. The van der Waals surface area contributed by atoms with Crippen LogP contribution in [0, 0.1) is 39.8 Å². The van der Waals surface area contributed by atoms with Gasteiger partial charge in [0.1, 0.15) is 0 Å². The zero-order chi connectivity index (χ0) is 30.9. The molecule has 46 heavy (non-hydrogen) atoms. The standard InChI is InChI=1S/C29H21N2O.C12H10N.Ir/c1-17-16-30-27(15-26(17)22-14-12-20-7-4-5-8-21(20)19(22)3)25-10-6-9-23-24-13-11-18(2)31-29(24)32-28(23)25;1-10-7-8-12(13-9-10)11-5-3-2-4-6-11;/h4-9,11-16H,1-3H3;2-5,7-9H,1H3;/q2*-1;. The Morgan fingerprint density at radius 3 is 2.26 bits per heavy atom. The Balaban J connectivity index is 0.000000223. The van der Waals surface area contributed by atoms with Crippen LogP contribution in [-0.4, -0.2) is 15.0 Å². The fraction of sp³-hybridized carbons (Fsp3) is 0.0976. The largest absolute Gasteiger partial charge is 0.486 e. The van der Waals surface area contributed by atoms with Gasteiger partial charge in [-0.1, -0.05) is 65.5 Å². The molecule has 1 radical (unpaired) electrons. The smallest absolute Gasteiger partial charge is 0.216 e. The van der Waals surface area contributed by atoms with Crippen molar-refractivity contribution in [3.63, 3.8) is 0 Å². The van der Waals surface area contributed by atoms with E-state index < -0.39 is 0 Å². The Morgan fingerprint density at radius 2 is 1.46 bits per heavy atom. The first kappa shape index (κ1) is 31.0. The third-order valence-corrected chi connectivity index (χ3v) is 8.18. The summed E-state index contributed by atoms with van der Waals surface area (Å²) in [5.41, 5.74) is 12.1. The maximum Gasteiger partial charge on any atom is 0.216 e. The van der Waals surface area contributed by atoms with Gasteiger partial charge in [0, 0.05) is 43.6 Å². The molecule has 8 rings (SSSR count). The van der Waals surface area contributed by atoms with Gasteiger partial charge in [-0.05, 0) is 89.8 Å². The van der Waals surface area contributed by atoms with Gasteiger partial charge in [0.2, 0.25) is 5.71 Å². The Labute approximate surface area is 282 Å². The van der Waals surface area contributed by atoms with Crippen molar-refractivity contribution in [2.75, 3.05) is 0 Å². The fourth-order valence-electron chi connectivity index (χ4n) is 5.75. The maximum atomic E-state index is 6.19. The third kappa shape index (κ3) is 6.00. The Bertz CT molecular complexity index is 2310. The van der Waals surface area contributed by atoms with Gasteiger partial charge in [-0.3, -0.25) is 0 Å². The monoisotopic (exact) mass is 774 g/mol. The van der Waals surface area contributed by atoms with E-state index in [4.69, 9.17) is 9.40 Å². The summed E-state index contributed by atoms with van der Waals surface area (Å²) in [6, 6.07) is 41.6. The summed E-state index contributed by atoms with van der Waals surface area (Å²) < 4.78 is 6.19. The molecule has 4 aromatic heterocycles. The summed E-state index contributed by atoms with van der Waals surface area (Å²) in [6.07, 6.45) is 3.81. The minimum atomic E-state index is 0. The topological polar surface area (TPSA) is 51.8 Å². The molecular formula is C41H31IrN3O-2. The van der Waals surface area contributed by atoms with Crippen molar-refractivity contribution in [2.45, 2.75) is 27.7 Å². The van der Waals surface area contributed by atoms with Gasteiger partial charge in [0.25, 0.3) is 0 Å². The summed E-state index contributed by atoms with van der Waals surface area (Å²) >= 11 is 0. The van der Waals surface area contributed by atoms with Crippen LogP contribution in [-0.2, 0) is 20.1 Å². The second kappa shape index (κ2) is 13.2. The SMILES string of the molecule is Cc1ccc(-c2[c-]cccc2)nc1.Cc1ccc2c(n1)oc1c(-c3cc(-c4ccc5ccccc5c4C)c(C)cn3)[c-]ccc12.[Ir]. The second-order valence-corrected chi connectivity index (χ2v) is 11.3. The second-order valence-electron chi connectivity index (χ2n) is 11.3. The number of fused-ring (bicyclic) bond motifs is 4. The van der Waals surface area contributed by atoms with Crippen LogP contribution in [0.15, 0.2) is 120 Å². The molecule has 0 atom stereocenters. The molecule has 4 nitrogen and oxygen atoms in total. The van der Waals surface area contributed by atoms with Crippen LogP contribution >= 0.6 is 0 Å². The van der Waals surface area contributed by atoms with Gasteiger partial charge in [-0.15, -0.1) is 54.1 Å². The molecule has 0 spiro atoms. The van der Waals surface area contributed by atoms with E-state index in [2.05, 4.69) is 90.5 Å². The number of aryl methyl sites for hydroxylation is 4. The molecule has 0 unspecified atom stereocenters. The zero-order valence-corrected chi connectivity index (χ0v) is 28.4. The quantitative estimate of drug-likeness (QED) is 0.168. The molecular weight excluding hydrogens is 743 g/mol. The van der Waals surface area contributed by atoms with Crippen molar-refractivity contribution in [1.82, 2.24) is 15.0 Å². The minimum absolute atomic E-state index is 0. The predicted octanol–water partition coefficient (Wildman–Crippen LogP) is 10.4. The van der Waals surface area contributed by atoms with Crippen molar-refractivity contribution in [1.29, 1.82) is 0 Å². The molecule has 0 N–H and O–H groups in total. The molecule has 5 heteroatoms. The van der Waals surface area contributed by atoms with Gasteiger partial charge in [-0.25, -0.2) is 4.98 Å². The first-order valence-corrected chi connectivity index (χ1v) is 15.0. The van der Waals surface area contributed by atoms with Crippen LogP contribution in [0.1, 0.15) is 22.4 Å². The number of aromatic nitrogens is 3. The van der Waals surface area contributed by atoms with E-state index in [9.17, 15) is 0 Å². The number of pyridine rings is 3. The van der Waals surface area contributed by atoms with E-state index in [1.165, 1.54) is 33.0 Å². The van der Waals surface area contributed by atoms with Crippen molar-refractivity contribution < 1.29 is 24.5 Å². The van der Waals surface area contributed by atoms with Gasteiger partial charge in [0.05, 0.1) is 5.58 Å². The molecule has 8 aromatic rings. The van der Waals surface area contributed by atoms with E-state index in [0.29, 0.717) is 5.71 Å². The van der Waals surface area contributed by atoms with Crippen LogP contribution < -0.4 is 0 Å². The molecule has 0 saturated carbocycles. The van der Waals surface area contributed by atoms with E-state index in [1.54, 1.807) is 0 Å². The first-order valence-electron chi connectivity index (χ1n) is 15.0. The van der Waals surface area contributed by atoms with Crippen molar-refractivity contribution in [2.24, 2.45) is 0 Å². The number of rotatable bonds is 3. The molecule has 4 heterocycles. The summed E-state index contributed by atoms with van der Waals surface area (Å²) in [5, 5.41) is 4.57. The average molecular weight is 774 g/mol. The molecule has 0 aliphatic carbocycles. The van der Waals surface area contributed by atoms with Crippen LogP contribution in [0.4, 0.5) is 0 Å². The van der Waals surface area contributed by atoms with Crippen molar-refractivity contribution in [3.8, 4) is 33.6 Å². The number of furan rings is 1. The van der Waals surface area contributed by atoms with Crippen molar-refractivity contribution in [3.05, 3.63) is 150 Å². The molecule has 0 saturated heterocycles. The molecule has 0 amide bonds. The Hall–Kier alpha value is -4.96. The van der Waals surface area contributed by atoms with Gasteiger partial charge < -0.3 is 14.4 Å². The molecule has 0 bridgehead atoms. The Morgan fingerprint density at radius 1 is 0.630 bits per heavy atom. The zero-order valence-electron chi connectivity index (χ0n) is 26.1. The van der Waals surface area contributed by atoms with E-state index in [-0.39, 0.29) is 20.1 Å². The average Bonchev–Trinajstić information content (AvgIpc) is 3.44. The van der Waals surface area contributed by atoms with E-state index in [0.717, 1.165) is 50.1 Å². The molecule has 0 aliphatic heterocycles. The summed E-state index contributed by atoms with van der Waals surface area (Å²) in [6.45, 7) is 8.31.